The molecule has 4 aliphatic carbocycles. The van der Waals surface area contributed by atoms with Gasteiger partial charge >= 0.3 is 23.9 Å². The van der Waals surface area contributed by atoms with Crippen molar-refractivity contribution in [2.24, 2.45) is 35.0 Å². The third-order valence-electron chi connectivity index (χ3n) is 6.39. The molecule has 2 aliphatic heterocycles. The average Bonchev–Trinajstić information content (AvgIpc) is 2.98. The molecular formula is C16H14O6. The predicted octanol–water partition coefficient (Wildman–Crippen LogP) is 0.748. The van der Waals surface area contributed by atoms with Gasteiger partial charge in [-0.25, -0.2) is 0 Å². The highest BCUT2D eigenvalue weighted by molar-refractivity contribution is 6.04. The van der Waals surface area contributed by atoms with Crippen molar-refractivity contribution in [2.75, 3.05) is 0 Å². The number of carbonyl (C=O) groups is 4. The van der Waals surface area contributed by atoms with E-state index in [1.807, 2.05) is 6.08 Å². The van der Waals surface area contributed by atoms with E-state index in [9.17, 15) is 19.2 Å². The number of ether oxygens (including phenoxy) is 2. The molecule has 0 aromatic heterocycles. The van der Waals surface area contributed by atoms with E-state index < -0.39 is 58.9 Å². The van der Waals surface area contributed by atoms with E-state index in [4.69, 9.17) is 9.47 Å². The highest BCUT2D eigenvalue weighted by Gasteiger charge is 2.75. The van der Waals surface area contributed by atoms with Gasteiger partial charge in [0.25, 0.3) is 0 Å². The molecule has 2 saturated heterocycles. The molecule has 6 heteroatoms. The van der Waals surface area contributed by atoms with Gasteiger partial charge in [-0.05, 0) is 19.3 Å². The molecule has 6 nitrogen and oxygen atoms in total. The Morgan fingerprint density at radius 1 is 0.864 bits per heavy atom. The highest BCUT2D eigenvalue weighted by atomic mass is 16.6. The third kappa shape index (κ3) is 1.13. The molecule has 4 atom stereocenters. The van der Waals surface area contributed by atoms with Gasteiger partial charge in [-0.1, -0.05) is 18.1 Å². The zero-order chi connectivity index (χ0) is 15.2. The van der Waals surface area contributed by atoms with E-state index in [2.05, 4.69) is 0 Å². The van der Waals surface area contributed by atoms with Gasteiger partial charge < -0.3 is 9.47 Å². The van der Waals surface area contributed by atoms with Crippen molar-refractivity contribution in [3.05, 3.63) is 11.6 Å². The number of rotatable bonds is 0. The van der Waals surface area contributed by atoms with Crippen LogP contribution in [0.3, 0.4) is 0 Å². The molecule has 1 spiro atoms. The Labute approximate surface area is 125 Å². The van der Waals surface area contributed by atoms with Crippen LogP contribution < -0.4 is 0 Å². The minimum atomic E-state index is -0.741. The minimum absolute atomic E-state index is 0.442. The second-order valence-electron chi connectivity index (χ2n) is 7.00. The molecule has 6 aliphatic rings. The first-order chi connectivity index (χ1) is 10.6. The van der Waals surface area contributed by atoms with Crippen LogP contribution in [0.15, 0.2) is 11.6 Å². The van der Waals surface area contributed by atoms with Gasteiger partial charge in [0.2, 0.25) is 0 Å². The van der Waals surface area contributed by atoms with Crippen molar-refractivity contribution in [3.8, 4) is 0 Å². The van der Waals surface area contributed by atoms with E-state index in [1.54, 1.807) is 0 Å². The number of hydrogen-bond donors (Lipinski definition) is 0. The Kier molecular flexibility index (Phi) is 2.09. The zero-order valence-corrected chi connectivity index (χ0v) is 11.7. The number of carbonyl (C=O) groups excluding carboxylic acids is 4. The minimum Gasteiger partial charge on any atom is -0.393 e. The summed E-state index contributed by atoms with van der Waals surface area (Å²) in [7, 11) is 0. The van der Waals surface area contributed by atoms with Crippen LogP contribution in [0.5, 0.6) is 0 Å². The van der Waals surface area contributed by atoms with Crippen molar-refractivity contribution in [1.82, 2.24) is 0 Å². The molecule has 0 N–H and O–H groups in total. The molecule has 6 rings (SSSR count). The lowest BCUT2D eigenvalue weighted by Crippen LogP contribution is -2.60. The fourth-order valence-corrected chi connectivity index (χ4v) is 5.78. The summed E-state index contributed by atoms with van der Waals surface area (Å²) in [5, 5.41) is 0. The first kappa shape index (κ1) is 12.6. The maximum absolute atomic E-state index is 12.3. The van der Waals surface area contributed by atoms with Crippen molar-refractivity contribution in [3.63, 3.8) is 0 Å². The maximum Gasteiger partial charge on any atom is 0.318 e. The van der Waals surface area contributed by atoms with Crippen molar-refractivity contribution in [2.45, 2.75) is 25.7 Å². The summed E-state index contributed by atoms with van der Waals surface area (Å²) in [4.78, 5) is 49.0. The number of allylic oxidation sites excluding steroid dienone is 2. The lowest BCUT2D eigenvalue weighted by atomic mass is 9.41. The van der Waals surface area contributed by atoms with Gasteiger partial charge in [-0.2, -0.15) is 0 Å². The second kappa shape index (κ2) is 3.67. The van der Waals surface area contributed by atoms with Crippen LogP contribution in [0.4, 0.5) is 0 Å². The van der Waals surface area contributed by atoms with E-state index >= 15 is 0 Å². The summed E-state index contributed by atoms with van der Waals surface area (Å²) in [5.41, 5.74) is 0.319. The summed E-state index contributed by atoms with van der Waals surface area (Å²) in [6.07, 6.45) is 5.30. The average molecular weight is 302 g/mol. The number of esters is 4. The quantitative estimate of drug-likeness (QED) is 0.373. The number of cyclic esters (lactones) is 4. The van der Waals surface area contributed by atoms with Gasteiger partial charge in [-0.15, -0.1) is 0 Å². The molecule has 0 aromatic rings. The van der Waals surface area contributed by atoms with Crippen LogP contribution in [-0.2, 0) is 28.7 Å². The molecular weight excluding hydrogens is 288 g/mol. The SMILES string of the molecule is O=C1OC(=O)[C@H]2[C@H]1C1C=C3CCCCC32[C@H]2C(=O)OC(=O)[C@H]12. The second-order valence-corrected chi connectivity index (χ2v) is 7.00. The van der Waals surface area contributed by atoms with Crippen LogP contribution in [0.25, 0.3) is 0 Å². The molecule has 2 bridgehead atoms. The Balaban J connectivity index is 1.80. The molecule has 0 unspecified atom stereocenters. The van der Waals surface area contributed by atoms with E-state index in [0.29, 0.717) is 6.42 Å². The first-order valence-electron chi connectivity index (χ1n) is 7.78. The van der Waals surface area contributed by atoms with Crippen molar-refractivity contribution in [1.29, 1.82) is 0 Å². The summed E-state index contributed by atoms with van der Waals surface area (Å²) in [6, 6.07) is 0. The number of hydrogen-bond acceptors (Lipinski definition) is 6. The van der Waals surface area contributed by atoms with E-state index in [-0.39, 0.29) is 0 Å². The molecule has 2 heterocycles. The predicted molar refractivity (Wildman–Crippen MR) is 68.6 cm³/mol. The van der Waals surface area contributed by atoms with E-state index in [1.165, 1.54) is 0 Å². The Morgan fingerprint density at radius 2 is 1.45 bits per heavy atom. The normalized spacial score (nSPS) is 48.4. The van der Waals surface area contributed by atoms with E-state index in [0.717, 1.165) is 24.8 Å². The smallest absolute Gasteiger partial charge is 0.318 e. The van der Waals surface area contributed by atoms with Crippen molar-refractivity contribution >= 4 is 23.9 Å². The molecule has 22 heavy (non-hydrogen) atoms. The van der Waals surface area contributed by atoms with Gasteiger partial charge in [-0.3, -0.25) is 19.2 Å². The van der Waals surface area contributed by atoms with Crippen LogP contribution in [0.2, 0.25) is 0 Å². The molecule has 2 saturated carbocycles. The van der Waals surface area contributed by atoms with Crippen molar-refractivity contribution < 1.29 is 28.7 Å². The lowest BCUT2D eigenvalue weighted by Gasteiger charge is -2.57. The Morgan fingerprint density at radius 3 is 2.05 bits per heavy atom. The molecule has 0 radical (unpaired) electrons. The summed E-state index contributed by atoms with van der Waals surface area (Å²) in [5.74, 6) is -5.10. The first-order valence-corrected chi connectivity index (χ1v) is 7.78. The molecule has 0 aromatic carbocycles. The van der Waals surface area contributed by atoms with Gasteiger partial charge in [0.05, 0.1) is 23.7 Å². The summed E-state index contributed by atoms with van der Waals surface area (Å²) >= 11 is 0. The topological polar surface area (TPSA) is 86.7 Å². The Bertz CT molecular complexity index is 647. The molecule has 114 valence electrons. The Hall–Kier alpha value is -1.98. The van der Waals surface area contributed by atoms with Gasteiger partial charge in [0, 0.05) is 11.3 Å². The lowest BCUT2D eigenvalue weighted by molar-refractivity contribution is -0.156. The van der Waals surface area contributed by atoms with Crippen LogP contribution >= 0.6 is 0 Å². The summed E-state index contributed by atoms with van der Waals surface area (Å²) in [6.45, 7) is 0. The van der Waals surface area contributed by atoms with Gasteiger partial charge in [0.15, 0.2) is 0 Å². The maximum atomic E-state index is 12.3. The van der Waals surface area contributed by atoms with Gasteiger partial charge in [0.1, 0.15) is 0 Å². The zero-order valence-electron chi connectivity index (χ0n) is 11.7. The fourth-order valence-electron chi connectivity index (χ4n) is 5.78. The monoisotopic (exact) mass is 302 g/mol. The van der Waals surface area contributed by atoms with Crippen LogP contribution in [0, 0.1) is 35.0 Å². The standard InChI is InChI=1S/C16H14O6/c17-12-8-7-5-6-3-1-2-4-16(6,10(8)14(19)21-12)11-9(7)13(18)22-15(11)20/h5,7-11H,1-4H2/t7?,8-,9-,10-,11-,16?/m1/s1. The van der Waals surface area contributed by atoms with Crippen LogP contribution in [0.1, 0.15) is 25.7 Å². The largest absolute Gasteiger partial charge is 0.393 e. The summed E-state index contributed by atoms with van der Waals surface area (Å²) < 4.78 is 9.79. The third-order valence-corrected chi connectivity index (χ3v) is 6.39. The molecule has 4 fully saturated rings. The highest BCUT2D eigenvalue weighted by Crippen LogP contribution is 2.69. The van der Waals surface area contributed by atoms with Crippen LogP contribution in [-0.4, -0.2) is 23.9 Å². The fraction of sp³-hybridized carbons (Fsp3) is 0.625. The molecule has 0 amide bonds.